The summed E-state index contributed by atoms with van der Waals surface area (Å²) >= 11 is 0. The van der Waals surface area contributed by atoms with E-state index in [1.807, 2.05) is 24.3 Å². The summed E-state index contributed by atoms with van der Waals surface area (Å²) in [5.41, 5.74) is 2.05. The van der Waals surface area contributed by atoms with E-state index in [9.17, 15) is 4.79 Å². The largest absolute Gasteiger partial charge is 0.324 e. The van der Waals surface area contributed by atoms with E-state index in [-0.39, 0.29) is 11.9 Å². The van der Waals surface area contributed by atoms with Gasteiger partial charge in [-0.3, -0.25) is 10.1 Å². The summed E-state index contributed by atoms with van der Waals surface area (Å²) in [7, 11) is 0. The molecule has 3 rings (SSSR count). The van der Waals surface area contributed by atoms with Gasteiger partial charge in [0.15, 0.2) is 0 Å². The molecule has 0 bridgehead atoms. The summed E-state index contributed by atoms with van der Waals surface area (Å²) in [6, 6.07) is 8.26. The Balaban J connectivity index is 1.55. The highest BCUT2D eigenvalue weighted by molar-refractivity contribution is 6.02. The summed E-state index contributed by atoms with van der Waals surface area (Å²) < 4.78 is 0. The molecular weight excluding hydrogens is 262 g/mol. The molecule has 1 atom stereocenters. The summed E-state index contributed by atoms with van der Waals surface area (Å²) in [6.07, 6.45) is 4.82. The van der Waals surface area contributed by atoms with E-state index in [4.69, 9.17) is 0 Å². The molecule has 1 aromatic rings. The topological polar surface area (TPSA) is 44.4 Å². The lowest BCUT2D eigenvalue weighted by Crippen LogP contribution is -2.45. The molecule has 2 aliphatic rings. The molecule has 1 fully saturated rings. The molecule has 4 heteroatoms. The zero-order valence-electron chi connectivity index (χ0n) is 12.8. The van der Waals surface area contributed by atoms with Gasteiger partial charge in [-0.25, -0.2) is 0 Å². The number of hydrogen-bond acceptors (Lipinski definition) is 3. The van der Waals surface area contributed by atoms with Crippen molar-refractivity contribution in [2.75, 3.05) is 25.0 Å². The fourth-order valence-electron chi connectivity index (χ4n) is 3.31. The quantitative estimate of drug-likeness (QED) is 0.874. The lowest BCUT2D eigenvalue weighted by molar-refractivity contribution is -0.118. The molecule has 21 heavy (non-hydrogen) atoms. The third kappa shape index (κ3) is 3.27. The Hall–Kier alpha value is -1.39. The number of para-hydroxylation sites is 1. The first-order valence-electron chi connectivity index (χ1n) is 8.16. The van der Waals surface area contributed by atoms with E-state index in [2.05, 4.69) is 22.5 Å². The number of piperidine rings is 1. The van der Waals surface area contributed by atoms with Crippen LogP contribution < -0.4 is 10.6 Å². The number of likely N-dealkylation sites (tertiary alicyclic amines) is 1. The number of nitrogens with one attached hydrogen (secondary N) is 2. The molecule has 0 radical (unpaired) electrons. The van der Waals surface area contributed by atoms with Gasteiger partial charge >= 0.3 is 0 Å². The van der Waals surface area contributed by atoms with Crippen LogP contribution in [0.5, 0.6) is 0 Å². The van der Waals surface area contributed by atoms with Crippen LogP contribution in [0.1, 0.15) is 44.2 Å². The molecule has 0 aliphatic carbocycles. The number of amides is 1. The Labute approximate surface area is 126 Å². The summed E-state index contributed by atoms with van der Waals surface area (Å²) in [5.74, 6) is 0.0876. The maximum atomic E-state index is 12.1. The number of anilines is 1. The SMILES string of the molecule is CCCCN1CCC(NC2C(=O)Nc3ccccc32)CC1. The molecule has 1 unspecified atom stereocenters. The minimum atomic E-state index is -0.173. The van der Waals surface area contributed by atoms with Crippen LogP contribution in [0.3, 0.4) is 0 Å². The lowest BCUT2D eigenvalue weighted by Gasteiger charge is -2.33. The van der Waals surface area contributed by atoms with Gasteiger partial charge in [0.1, 0.15) is 6.04 Å². The third-order valence-electron chi connectivity index (χ3n) is 4.61. The second-order valence-electron chi connectivity index (χ2n) is 6.15. The number of hydrogen-bond donors (Lipinski definition) is 2. The number of benzene rings is 1. The van der Waals surface area contributed by atoms with E-state index in [0.29, 0.717) is 6.04 Å². The number of carbonyl (C=O) groups is 1. The van der Waals surface area contributed by atoms with E-state index in [0.717, 1.165) is 37.2 Å². The van der Waals surface area contributed by atoms with Crippen molar-refractivity contribution in [3.05, 3.63) is 29.8 Å². The minimum absolute atomic E-state index is 0.0876. The molecule has 1 amide bonds. The van der Waals surface area contributed by atoms with Gasteiger partial charge in [0.05, 0.1) is 0 Å². The molecule has 0 aromatic heterocycles. The van der Waals surface area contributed by atoms with Crippen molar-refractivity contribution in [3.8, 4) is 0 Å². The van der Waals surface area contributed by atoms with Gasteiger partial charge in [0.25, 0.3) is 0 Å². The second-order valence-corrected chi connectivity index (χ2v) is 6.15. The van der Waals surface area contributed by atoms with Crippen molar-refractivity contribution in [2.24, 2.45) is 0 Å². The van der Waals surface area contributed by atoms with Crippen molar-refractivity contribution in [1.29, 1.82) is 0 Å². The molecule has 2 aliphatic heterocycles. The molecule has 2 N–H and O–H groups in total. The average molecular weight is 287 g/mol. The predicted molar refractivity (Wildman–Crippen MR) is 85.3 cm³/mol. The van der Waals surface area contributed by atoms with Gasteiger partial charge in [0, 0.05) is 17.3 Å². The van der Waals surface area contributed by atoms with Crippen LogP contribution in [0.4, 0.5) is 5.69 Å². The number of rotatable bonds is 5. The Morgan fingerprint density at radius 3 is 2.81 bits per heavy atom. The Bertz CT molecular complexity index is 495. The van der Waals surface area contributed by atoms with Gasteiger partial charge in [-0.2, -0.15) is 0 Å². The maximum Gasteiger partial charge on any atom is 0.246 e. The van der Waals surface area contributed by atoms with Gasteiger partial charge in [-0.15, -0.1) is 0 Å². The number of carbonyl (C=O) groups excluding carboxylic acids is 1. The van der Waals surface area contributed by atoms with Crippen molar-refractivity contribution in [1.82, 2.24) is 10.2 Å². The van der Waals surface area contributed by atoms with E-state index < -0.39 is 0 Å². The zero-order chi connectivity index (χ0) is 14.7. The van der Waals surface area contributed by atoms with Crippen LogP contribution >= 0.6 is 0 Å². The number of unbranched alkanes of at least 4 members (excludes halogenated alkanes) is 1. The molecule has 2 heterocycles. The lowest BCUT2D eigenvalue weighted by atomic mass is 10.0. The van der Waals surface area contributed by atoms with E-state index in [1.54, 1.807) is 0 Å². The third-order valence-corrected chi connectivity index (χ3v) is 4.61. The highest BCUT2D eigenvalue weighted by Gasteiger charge is 2.32. The van der Waals surface area contributed by atoms with Crippen molar-refractivity contribution in [2.45, 2.75) is 44.7 Å². The monoisotopic (exact) mass is 287 g/mol. The predicted octanol–water partition coefficient (Wildman–Crippen LogP) is 2.53. The average Bonchev–Trinajstić information content (AvgIpc) is 2.83. The molecule has 114 valence electrons. The molecule has 1 aromatic carbocycles. The smallest absolute Gasteiger partial charge is 0.246 e. The Morgan fingerprint density at radius 1 is 1.29 bits per heavy atom. The highest BCUT2D eigenvalue weighted by atomic mass is 16.2. The first-order valence-corrected chi connectivity index (χ1v) is 8.16. The first-order chi connectivity index (χ1) is 10.3. The fourth-order valence-corrected chi connectivity index (χ4v) is 3.31. The highest BCUT2D eigenvalue weighted by Crippen LogP contribution is 2.31. The minimum Gasteiger partial charge on any atom is -0.324 e. The van der Waals surface area contributed by atoms with Crippen molar-refractivity contribution < 1.29 is 4.79 Å². The van der Waals surface area contributed by atoms with Gasteiger partial charge in [0.2, 0.25) is 5.91 Å². The summed E-state index contributed by atoms with van der Waals surface area (Å²) in [5, 5.41) is 6.52. The van der Waals surface area contributed by atoms with Crippen molar-refractivity contribution >= 4 is 11.6 Å². The van der Waals surface area contributed by atoms with E-state index >= 15 is 0 Å². The van der Waals surface area contributed by atoms with Crippen LogP contribution in [0.15, 0.2) is 24.3 Å². The van der Waals surface area contributed by atoms with Crippen LogP contribution in [0.2, 0.25) is 0 Å². The number of nitrogens with zero attached hydrogens (tertiary/aromatic N) is 1. The van der Waals surface area contributed by atoms with Crippen LogP contribution in [0, 0.1) is 0 Å². The van der Waals surface area contributed by atoms with Crippen LogP contribution in [-0.2, 0) is 4.79 Å². The van der Waals surface area contributed by atoms with Crippen LogP contribution in [-0.4, -0.2) is 36.5 Å². The fraction of sp³-hybridized carbons (Fsp3) is 0.588. The summed E-state index contributed by atoms with van der Waals surface area (Å²) in [6.45, 7) is 5.75. The maximum absolute atomic E-state index is 12.1. The summed E-state index contributed by atoms with van der Waals surface area (Å²) in [4.78, 5) is 14.7. The second kappa shape index (κ2) is 6.58. The van der Waals surface area contributed by atoms with Gasteiger partial charge < -0.3 is 10.2 Å². The Kier molecular flexibility index (Phi) is 4.56. The molecule has 0 spiro atoms. The molecule has 1 saturated heterocycles. The Morgan fingerprint density at radius 2 is 2.05 bits per heavy atom. The molecular formula is C17H25N3O. The van der Waals surface area contributed by atoms with Gasteiger partial charge in [-0.05, 0) is 45.0 Å². The molecule has 0 saturated carbocycles. The van der Waals surface area contributed by atoms with Crippen LogP contribution in [0.25, 0.3) is 0 Å². The van der Waals surface area contributed by atoms with Gasteiger partial charge in [-0.1, -0.05) is 31.5 Å². The first kappa shape index (κ1) is 14.5. The standard InChI is InChI=1S/C17H25N3O/c1-2-3-10-20-11-8-13(9-12-20)18-16-14-6-4-5-7-15(14)19-17(16)21/h4-7,13,16,18H,2-3,8-12H2,1H3,(H,19,21). The normalized spacial score (nSPS) is 23.1. The number of fused-ring (bicyclic) bond motifs is 1. The molecule has 4 nitrogen and oxygen atoms in total. The zero-order valence-corrected chi connectivity index (χ0v) is 12.8. The van der Waals surface area contributed by atoms with E-state index in [1.165, 1.54) is 19.4 Å². The van der Waals surface area contributed by atoms with Crippen molar-refractivity contribution in [3.63, 3.8) is 0 Å².